The number of amides is 2. The van der Waals surface area contributed by atoms with Crippen molar-refractivity contribution >= 4 is 31.1 Å². The SMILES string of the molecule is CO[C@@]1(c2cc(OC[C@@H](C)O[Si](C)(C)C(C)(C)C)cc(-n3nc(C)c4cnc(NC(N)=O)cc43)n2)CCOC1. The topological polar surface area (TPSA) is 136 Å². The molecule has 0 aromatic carbocycles. The molecule has 1 aliphatic rings. The Balaban J connectivity index is 1.73. The van der Waals surface area contributed by atoms with Crippen LogP contribution >= 0.6 is 0 Å². The molecule has 0 aliphatic carbocycles. The van der Waals surface area contributed by atoms with Gasteiger partial charge in [-0.1, -0.05) is 20.8 Å². The molecule has 39 heavy (non-hydrogen) atoms. The van der Waals surface area contributed by atoms with Gasteiger partial charge in [-0.2, -0.15) is 5.10 Å². The van der Waals surface area contributed by atoms with Crippen LogP contribution in [0.15, 0.2) is 24.4 Å². The lowest BCUT2D eigenvalue weighted by atomic mass is 9.97. The van der Waals surface area contributed by atoms with Crippen molar-refractivity contribution in [1.82, 2.24) is 19.7 Å². The van der Waals surface area contributed by atoms with Crippen LogP contribution in [0.4, 0.5) is 10.6 Å². The first-order valence-corrected chi connectivity index (χ1v) is 16.0. The molecule has 4 heterocycles. The van der Waals surface area contributed by atoms with Crippen molar-refractivity contribution in [2.45, 2.75) is 70.9 Å². The molecule has 2 atom stereocenters. The number of rotatable bonds is 9. The summed E-state index contributed by atoms with van der Waals surface area (Å²) in [7, 11) is -0.286. The molecule has 1 saturated heterocycles. The average molecular weight is 557 g/mol. The fourth-order valence-electron chi connectivity index (χ4n) is 4.38. The van der Waals surface area contributed by atoms with E-state index in [0.29, 0.717) is 54.8 Å². The summed E-state index contributed by atoms with van der Waals surface area (Å²) in [5.74, 6) is 1.48. The maximum atomic E-state index is 11.4. The number of anilines is 1. The number of fused-ring (bicyclic) bond motifs is 1. The van der Waals surface area contributed by atoms with E-state index in [1.807, 2.05) is 26.0 Å². The third kappa shape index (κ3) is 6.08. The van der Waals surface area contributed by atoms with Crippen molar-refractivity contribution in [3.63, 3.8) is 0 Å². The zero-order chi connectivity index (χ0) is 28.6. The number of methoxy groups -OCH3 is 1. The second-order valence-electron chi connectivity index (χ2n) is 11.6. The van der Waals surface area contributed by atoms with Crippen molar-refractivity contribution in [1.29, 1.82) is 0 Å². The van der Waals surface area contributed by atoms with Gasteiger partial charge in [-0.05, 0) is 32.0 Å². The van der Waals surface area contributed by atoms with E-state index in [1.54, 1.807) is 24.1 Å². The predicted molar refractivity (Wildman–Crippen MR) is 152 cm³/mol. The first-order valence-electron chi connectivity index (χ1n) is 13.1. The molecule has 11 nitrogen and oxygen atoms in total. The number of ether oxygens (including phenoxy) is 3. The summed E-state index contributed by atoms with van der Waals surface area (Å²) in [6, 6.07) is 4.77. The van der Waals surface area contributed by atoms with E-state index in [-0.39, 0.29) is 11.1 Å². The molecule has 0 radical (unpaired) electrons. The molecule has 3 N–H and O–H groups in total. The highest BCUT2D eigenvalue weighted by molar-refractivity contribution is 6.74. The van der Waals surface area contributed by atoms with Gasteiger partial charge < -0.3 is 24.4 Å². The van der Waals surface area contributed by atoms with Crippen LogP contribution in [-0.2, 0) is 19.5 Å². The van der Waals surface area contributed by atoms with Gasteiger partial charge in [-0.25, -0.2) is 19.4 Å². The number of primary amides is 1. The molecular formula is C27H40N6O5Si. The third-order valence-electron chi connectivity index (χ3n) is 7.63. The lowest BCUT2D eigenvalue weighted by molar-refractivity contribution is -0.0248. The summed E-state index contributed by atoms with van der Waals surface area (Å²) in [6.45, 7) is 16.4. The van der Waals surface area contributed by atoms with Crippen LogP contribution in [0.2, 0.25) is 18.1 Å². The minimum Gasteiger partial charge on any atom is -0.491 e. The standard InChI is InChI=1S/C27H40N6O5Si/c1-17(38-39(7,8)26(3,4)5)15-37-19-11-22(27(35-6)9-10-36-16-27)30-24(12-19)33-21-13-23(31-25(28)34)29-14-20(21)18(2)32-33/h11-14,17H,9-10,15-16H2,1-8H3,(H3,28,29,31,34)/t17-,27+/m1/s1. The molecular weight excluding hydrogens is 516 g/mol. The Bertz CT molecular complexity index is 1350. The maximum absolute atomic E-state index is 11.4. The van der Waals surface area contributed by atoms with Crippen molar-refractivity contribution in [2.75, 3.05) is 32.2 Å². The van der Waals surface area contributed by atoms with E-state index in [2.05, 4.69) is 44.2 Å². The van der Waals surface area contributed by atoms with Crippen LogP contribution < -0.4 is 15.8 Å². The highest BCUT2D eigenvalue weighted by atomic mass is 28.4. The smallest absolute Gasteiger partial charge is 0.317 e. The Labute approximate surface area is 230 Å². The molecule has 0 unspecified atom stereocenters. The van der Waals surface area contributed by atoms with E-state index in [4.69, 9.17) is 34.5 Å². The number of carbonyl (C=O) groups excluding carboxylic acids is 1. The predicted octanol–water partition coefficient (Wildman–Crippen LogP) is 4.67. The zero-order valence-corrected chi connectivity index (χ0v) is 25.1. The van der Waals surface area contributed by atoms with Gasteiger partial charge in [-0.3, -0.25) is 5.32 Å². The molecule has 12 heteroatoms. The maximum Gasteiger partial charge on any atom is 0.317 e. The van der Waals surface area contributed by atoms with Crippen LogP contribution in [0.1, 0.15) is 45.5 Å². The molecule has 3 aromatic heterocycles. The lowest BCUT2D eigenvalue weighted by Crippen LogP contribution is -2.44. The van der Waals surface area contributed by atoms with Gasteiger partial charge in [0, 0.05) is 49.9 Å². The number of aryl methyl sites for hydroxylation is 1. The molecule has 0 bridgehead atoms. The first-order chi connectivity index (χ1) is 18.2. The van der Waals surface area contributed by atoms with Crippen LogP contribution in [0.25, 0.3) is 16.7 Å². The molecule has 2 amide bonds. The number of pyridine rings is 2. The fraction of sp³-hybridized carbons (Fsp3) is 0.556. The minimum atomic E-state index is -1.95. The molecule has 1 fully saturated rings. The van der Waals surface area contributed by atoms with Gasteiger partial charge in [-0.15, -0.1) is 0 Å². The van der Waals surface area contributed by atoms with Crippen molar-refractivity contribution in [3.8, 4) is 11.6 Å². The lowest BCUT2D eigenvalue weighted by Gasteiger charge is -2.38. The van der Waals surface area contributed by atoms with Gasteiger partial charge in [0.25, 0.3) is 0 Å². The van der Waals surface area contributed by atoms with Crippen LogP contribution in [0.3, 0.4) is 0 Å². The average Bonchev–Trinajstić information content (AvgIpc) is 3.47. The van der Waals surface area contributed by atoms with Gasteiger partial charge in [0.2, 0.25) is 0 Å². The second kappa shape index (κ2) is 10.8. The van der Waals surface area contributed by atoms with Gasteiger partial charge in [0.15, 0.2) is 14.1 Å². The number of hydrogen-bond donors (Lipinski definition) is 2. The number of hydrogen-bond acceptors (Lipinski definition) is 8. The van der Waals surface area contributed by atoms with Crippen molar-refractivity contribution < 1.29 is 23.4 Å². The number of nitrogens with one attached hydrogen (secondary N) is 1. The quantitative estimate of drug-likeness (QED) is 0.363. The molecule has 0 spiro atoms. The highest BCUT2D eigenvalue weighted by Gasteiger charge is 2.40. The number of aromatic nitrogens is 4. The molecule has 3 aromatic rings. The monoisotopic (exact) mass is 556 g/mol. The van der Waals surface area contributed by atoms with Gasteiger partial charge >= 0.3 is 6.03 Å². The minimum absolute atomic E-state index is 0.0987. The van der Waals surface area contributed by atoms with Crippen LogP contribution in [0, 0.1) is 6.92 Å². The van der Waals surface area contributed by atoms with Crippen molar-refractivity contribution in [2.24, 2.45) is 5.73 Å². The van der Waals surface area contributed by atoms with Crippen molar-refractivity contribution in [3.05, 3.63) is 35.8 Å². The Hall–Kier alpha value is -3.06. The zero-order valence-electron chi connectivity index (χ0n) is 24.1. The Morgan fingerprint density at radius 2 is 2.05 bits per heavy atom. The summed E-state index contributed by atoms with van der Waals surface area (Å²) < 4.78 is 26.2. The number of nitrogens with zero attached hydrogens (tertiary/aromatic N) is 4. The second-order valence-corrected chi connectivity index (χ2v) is 16.4. The number of carbonyl (C=O) groups is 1. The normalized spacial score (nSPS) is 18.9. The molecule has 0 saturated carbocycles. The Kier molecular flexibility index (Phi) is 8.04. The number of nitrogens with two attached hydrogens (primary N) is 1. The highest BCUT2D eigenvalue weighted by Crippen LogP contribution is 2.38. The van der Waals surface area contributed by atoms with E-state index in [1.165, 1.54) is 0 Å². The Morgan fingerprint density at radius 1 is 1.31 bits per heavy atom. The number of urea groups is 1. The molecule has 212 valence electrons. The summed E-state index contributed by atoms with van der Waals surface area (Å²) in [5.41, 5.74) is 6.78. The third-order valence-corrected chi connectivity index (χ3v) is 12.2. The molecule has 1 aliphatic heterocycles. The molecule has 4 rings (SSSR count). The largest absolute Gasteiger partial charge is 0.491 e. The first kappa shape index (κ1) is 28.9. The van der Waals surface area contributed by atoms with E-state index in [9.17, 15) is 4.79 Å². The van der Waals surface area contributed by atoms with Gasteiger partial charge in [0.05, 0.1) is 29.6 Å². The van der Waals surface area contributed by atoms with Gasteiger partial charge in [0.1, 0.15) is 23.8 Å². The van der Waals surface area contributed by atoms with E-state index in [0.717, 1.165) is 11.1 Å². The van der Waals surface area contributed by atoms with E-state index >= 15 is 0 Å². The van der Waals surface area contributed by atoms with E-state index < -0.39 is 19.9 Å². The fourth-order valence-corrected chi connectivity index (χ4v) is 5.81. The summed E-state index contributed by atoms with van der Waals surface area (Å²) in [5, 5.41) is 8.18. The van der Waals surface area contributed by atoms with Crippen LogP contribution in [-0.4, -0.2) is 67.1 Å². The Morgan fingerprint density at radius 3 is 2.67 bits per heavy atom. The van der Waals surface area contributed by atoms with Crippen LogP contribution in [0.5, 0.6) is 5.75 Å². The summed E-state index contributed by atoms with van der Waals surface area (Å²) >= 11 is 0. The summed E-state index contributed by atoms with van der Waals surface area (Å²) in [4.78, 5) is 20.7. The summed E-state index contributed by atoms with van der Waals surface area (Å²) in [6.07, 6.45) is 2.22.